The average molecular weight is 264 g/mol. The lowest BCUT2D eigenvalue weighted by Crippen LogP contribution is -2.02. The first kappa shape index (κ1) is 12.6. The van der Waals surface area contributed by atoms with Gasteiger partial charge in [-0.05, 0) is 44.5 Å². The van der Waals surface area contributed by atoms with E-state index in [1.807, 2.05) is 26.0 Å². The third-order valence-corrected chi connectivity index (χ3v) is 2.83. The van der Waals surface area contributed by atoms with Crippen molar-refractivity contribution in [2.75, 3.05) is 5.73 Å². The summed E-state index contributed by atoms with van der Waals surface area (Å²) in [5, 5.41) is 0.676. The molecule has 4 nitrogen and oxygen atoms in total. The molecule has 1 aromatic carbocycles. The molecule has 0 radical (unpaired) electrons. The van der Waals surface area contributed by atoms with Gasteiger partial charge in [-0.3, -0.25) is 0 Å². The normalized spacial score (nSPS) is 10.4. The minimum atomic E-state index is 0.434. The largest absolute Gasteiger partial charge is 0.438 e. The maximum Gasteiger partial charge on any atom is 0.227 e. The number of aryl methyl sites for hydroxylation is 2. The molecule has 0 bridgehead atoms. The zero-order valence-corrected chi connectivity index (χ0v) is 11.2. The lowest BCUT2D eigenvalue weighted by atomic mass is 10.2. The summed E-state index contributed by atoms with van der Waals surface area (Å²) in [6, 6.07) is 5.42. The molecular formula is C13H14ClN3O. The Balaban J connectivity index is 2.40. The molecular weight excluding hydrogens is 250 g/mol. The van der Waals surface area contributed by atoms with Crippen molar-refractivity contribution in [2.45, 2.75) is 20.8 Å². The van der Waals surface area contributed by atoms with Crippen molar-refractivity contribution in [3.63, 3.8) is 0 Å². The van der Waals surface area contributed by atoms with Crippen LogP contribution in [0.5, 0.6) is 11.6 Å². The van der Waals surface area contributed by atoms with E-state index in [1.54, 1.807) is 13.0 Å². The predicted octanol–water partition coefficient (Wildman–Crippen LogP) is 3.43. The van der Waals surface area contributed by atoms with E-state index in [4.69, 9.17) is 22.1 Å². The highest BCUT2D eigenvalue weighted by Gasteiger charge is 2.10. The van der Waals surface area contributed by atoms with E-state index in [0.29, 0.717) is 28.3 Å². The fourth-order valence-corrected chi connectivity index (χ4v) is 1.78. The Hall–Kier alpha value is -1.81. The molecule has 1 heterocycles. The predicted molar refractivity (Wildman–Crippen MR) is 72.2 cm³/mol. The molecule has 0 fully saturated rings. The molecule has 0 aliphatic rings. The van der Waals surface area contributed by atoms with Gasteiger partial charge in [-0.2, -0.15) is 4.98 Å². The van der Waals surface area contributed by atoms with Crippen molar-refractivity contribution in [1.82, 2.24) is 9.97 Å². The Labute approximate surface area is 111 Å². The first-order valence-corrected chi connectivity index (χ1v) is 5.90. The third kappa shape index (κ3) is 2.54. The summed E-state index contributed by atoms with van der Waals surface area (Å²) in [5.74, 6) is 2.20. The van der Waals surface area contributed by atoms with Gasteiger partial charge >= 0.3 is 0 Å². The molecule has 0 aliphatic heterocycles. The van der Waals surface area contributed by atoms with Gasteiger partial charge in [0.15, 0.2) is 0 Å². The third-order valence-electron chi connectivity index (χ3n) is 2.59. The van der Waals surface area contributed by atoms with Gasteiger partial charge in [-0.15, -0.1) is 0 Å². The summed E-state index contributed by atoms with van der Waals surface area (Å²) in [6.07, 6.45) is 0. The van der Waals surface area contributed by atoms with Crippen LogP contribution in [0.25, 0.3) is 0 Å². The molecule has 0 spiro atoms. The van der Waals surface area contributed by atoms with Crippen LogP contribution in [0.4, 0.5) is 5.82 Å². The Bertz CT molecular complexity index is 599. The van der Waals surface area contributed by atoms with Gasteiger partial charge in [-0.25, -0.2) is 4.98 Å². The summed E-state index contributed by atoms with van der Waals surface area (Å²) in [4.78, 5) is 8.32. The van der Waals surface area contributed by atoms with E-state index in [0.717, 1.165) is 11.1 Å². The fraction of sp³-hybridized carbons (Fsp3) is 0.231. The van der Waals surface area contributed by atoms with Crippen molar-refractivity contribution in [1.29, 1.82) is 0 Å². The number of nitrogens with two attached hydrogens (primary N) is 1. The first-order valence-electron chi connectivity index (χ1n) is 5.52. The van der Waals surface area contributed by atoms with Crippen LogP contribution >= 0.6 is 11.6 Å². The molecule has 0 aliphatic carbocycles. The van der Waals surface area contributed by atoms with Gasteiger partial charge in [0.25, 0.3) is 0 Å². The average Bonchev–Trinajstić information content (AvgIpc) is 2.29. The molecule has 5 heteroatoms. The SMILES string of the molecule is Cc1nc(N)c(C)c(Oc2ccc(Cl)cc2C)n1. The van der Waals surface area contributed by atoms with Crippen molar-refractivity contribution < 1.29 is 4.74 Å². The fourth-order valence-electron chi connectivity index (χ4n) is 1.55. The Morgan fingerprint density at radius 2 is 1.89 bits per heavy atom. The molecule has 0 saturated heterocycles. The molecule has 1 aromatic heterocycles. The number of anilines is 1. The van der Waals surface area contributed by atoms with Gasteiger partial charge in [-0.1, -0.05) is 11.6 Å². The molecule has 18 heavy (non-hydrogen) atoms. The topological polar surface area (TPSA) is 61.0 Å². The maximum absolute atomic E-state index is 5.90. The number of hydrogen-bond acceptors (Lipinski definition) is 4. The first-order chi connectivity index (χ1) is 8.47. The number of hydrogen-bond donors (Lipinski definition) is 1. The summed E-state index contributed by atoms with van der Waals surface area (Å²) in [7, 11) is 0. The smallest absolute Gasteiger partial charge is 0.227 e. The monoisotopic (exact) mass is 263 g/mol. The Kier molecular flexibility index (Phi) is 3.39. The number of nitrogens with zero attached hydrogens (tertiary/aromatic N) is 2. The van der Waals surface area contributed by atoms with Crippen molar-refractivity contribution >= 4 is 17.4 Å². The number of nitrogen functional groups attached to an aromatic ring is 1. The van der Waals surface area contributed by atoms with Crippen LogP contribution in [0.1, 0.15) is 17.0 Å². The molecule has 0 amide bonds. The molecule has 0 atom stereocenters. The van der Waals surface area contributed by atoms with Crippen LogP contribution in [0, 0.1) is 20.8 Å². The number of rotatable bonds is 2. The lowest BCUT2D eigenvalue weighted by molar-refractivity contribution is 0.453. The van der Waals surface area contributed by atoms with Crippen LogP contribution in [-0.4, -0.2) is 9.97 Å². The Morgan fingerprint density at radius 3 is 2.56 bits per heavy atom. The van der Waals surface area contributed by atoms with Gasteiger partial charge in [0.2, 0.25) is 5.88 Å². The maximum atomic E-state index is 5.90. The molecule has 94 valence electrons. The second-order valence-electron chi connectivity index (χ2n) is 4.10. The van der Waals surface area contributed by atoms with Crippen LogP contribution in [-0.2, 0) is 0 Å². The van der Waals surface area contributed by atoms with E-state index in [2.05, 4.69) is 9.97 Å². The summed E-state index contributed by atoms with van der Waals surface area (Å²) in [6.45, 7) is 5.53. The van der Waals surface area contributed by atoms with Crippen LogP contribution in [0.2, 0.25) is 5.02 Å². The minimum absolute atomic E-state index is 0.434. The molecule has 2 rings (SSSR count). The highest BCUT2D eigenvalue weighted by Crippen LogP contribution is 2.29. The zero-order chi connectivity index (χ0) is 13.3. The van der Waals surface area contributed by atoms with E-state index in [9.17, 15) is 0 Å². The molecule has 2 N–H and O–H groups in total. The van der Waals surface area contributed by atoms with E-state index in [1.165, 1.54) is 0 Å². The van der Waals surface area contributed by atoms with Crippen LogP contribution in [0.15, 0.2) is 18.2 Å². The van der Waals surface area contributed by atoms with Gasteiger partial charge < -0.3 is 10.5 Å². The summed E-state index contributed by atoms with van der Waals surface area (Å²) >= 11 is 5.90. The number of ether oxygens (including phenoxy) is 1. The Morgan fingerprint density at radius 1 is 1.17 bits per heavy atom. The standard InChI is InChI=1S/C13H14ClN3O/c1-7-6-10(14)4-5-11(7)18-13-8(2)12(15)16-9(3)17-13/h4-6H,1-3H3,(H2,15,16,17). The second kappa shape index (κ2) is 4.82. The number of benzene rings is 1. The van der Waals surface area contributed by atoms with Gasteiger partial charge in [0.1, 0.15) is 17.4 Å². The van der Waals surface area contributed by atoms with Crippen molar-refractivity contribution in [2.24, 2.45) is 0 Å². The van der Waals surface area contributed by atoms with E-state index >= 15 is 0 Å². The van der Waals surface area contributed by atoms with Crippen LogP contribution in [0.3, 0.4) is 0 Å². The molecule has 0 saturated carbocycles. The summed E-state index contributed by atoms with van der Waals surface area (Å²) in [5.41, 5.74) is 7.46. The second-order valence-corrected chi connectivity index (χ2v) is 4.53. The van der Waals surface area contributed by atoms with E-state index < -0.39 is 0 Å². The minimum Gasteiger partial charge on any atom is -0.438 e. The van der Waals surface area contributed by atoms with Crippen molar-refractivity contribution in [3.05, 3.63) is 40.2 Å². The van der Waals surface area contributed by atoms with Crippen LogP contribution < -0.4 is 10.5 Å². The van der Waals surface area contributed by atoms with Gasteiger partial charge in [0.05, 0.1) is 5.56 Å². The number of aromatic nitrogens is 2. The highest BCUT2D eigenvalue weighted by atomic mass is 35.5. The van der Waals surface area contributed by atoms with Crippen molar-refractivity contribution in [3.8, 4) is 11.6 Å². The summed E-state index contributed by atoms with van der Waals surface area (Å²) < 4.78 is 5.77. The molecule has 2 aromatic rings. The number of halogens is 1. The zero-order valence-electron chi connectivity index (χ0n) is 10.5. The lowest BCUT2D eigenvalue weighted by Gasteiger charge is -2.11. The molecule has 0 unspecified atom stereocenters. The van der Waals surface area contributed by atoms with E-state index in [-0.39, 0.29) is 0 Å². The van der Waals surface area contributed by atoms with Gasteiger partial charge in [0, 0.05) is 5.02 Å². The highest BCUT2D eigenvalue weighted by molar-refractivity contribution is 6.30. The quantitative estimate of drug-likeness (QED) is 0.902.